The molecular weight excluding hydrogens is 352 g/mol. The standard InChI is InChI=1S/C23H30N2O3/c26-21(12-15-25-22(27)19-8-4-5-9-20(19)23(25)28)24-13-10-18(11-14-24)16-17-6-2-1-3-7-17/h1-3,6-7,18-20H,4-5,8-16H2. The normalized spacial score (nSPS) is 25.9. The SMILES string of the molecule is O=C(CCN1C(=O)C2CCCCC2C1=O)N1CCC(Cc2ccccc2)CC1. The van der Waals surface area contributed by atoms with Crippen molar-refractivity contribution in [2.45, 2.75) is 51.4 Å². The molecular formula is C23H30N2O3. The fraction of sp³-hybridized carbons (Fsp3) is 0.609. The largest absolute Gasteiger partial charge is 0.343 e. The average molecular weight is 383 g/mol. The third-order valence-electron chi connectivity index (χ3n) is 6.82. The summed E-state index contributed by atoms with van der Waals surface area (Å²) in [5.74, 6) is 0.383. The molecule has 1 aromatic rings. The number of benzene rings is 1. The lowest BCUT2D eigenvalue weighted by molar-refractivity contribution is -0.141. The quantitative estimate of drug-likeness (QED) is 0.736. The predicted octanol–water partition coefficient (Wildman–Crippen LogP) is 3.03. The van der Waals surface area contributed by atoms with E-state index in [2.05, 4.69) is 24.3 Å². The van der Waals surface area contributed by atoms with E-state index in [4.69, 9.17) is 0 Å². The maximum absolute atomic E-state index is 12.6. The number of nitrogens with zero attached hydrogens (tertiary/aromatic N) is 2. The summed E-state index contributed by atoms with van der Waals surface area (Å²) in [6, 6.07) is 10.5. The molecule has 28 heavy (non-hydrogen) atoms. The minimum atomic E-state index is -0.120. The topological polar surface area (TPSA) is 57.7 Å². The van der Waals surface area contributed by atoms with E-state index in [9.17, 15) is 14.4 Å². The molecule has 0 aromatic heterocycles. The van der Waals surface area contributed by atoms with Gasteiger partial charge in [0, 0.05) is 26.1 Å². The van der Waals surface area contributed by atoms with Gasteiger partial charge in [-0.15, -0.1) is 0 Å². The van der Waals surface area contributed by atoms with Gasteiger partial charge < -0.3 is 4.90 Å². The summed E-state index contributed by atoms with van der Waals surface area (Å²) in [7, 11) is 0. The molecule has 2 atom stereocenters. The molecule has 3 aliphatic rings. The second kappa shape index (κ2) is 8.46. The minimum Gasteiger partial charge on any atom is -0.343 e. The third kappa shape index (κ3) is 3.98. The van der Waals surface area contributed by atoms with Gasteiger partial charge in [-0.1, -0.05) is 43.2 Å². The summed E-state index contributed by atoms with van der Waals surface area (Å²) in [6.45, 7) is 1.82. The number of carbonyl (C=O) groups excluding carboxylic acids is 3. The Balaban J connectivity index is 1.24. The number of likely N-dealkylation sites (tertiary alicyclic amines) is 2. The summed E-state index contributed by atoms with van der Waals surface area (Å²) >= 11 is 0. The maximum atomic E-state index is 12.6. The van der Waals surface area contributed by atoms with Crippen LogP contribution in [0.25, 0.3) is 0 Å². The van der Waals surface area contributed by atoms with Crippen molar-refractivity contribution < 1.29 is 14.4 Å². The summed E-state index contributed by atoms with van der Waals surface area (Å²) < 4.78 is 0. The predicted molar refractivity (Wildman–Crippen MR) is 106 cm³/mol. The Kier molecular flexibility index (Phi) is 5.79. The number of hydrogen-bond acceptors (Lipinski definition) is 3. The third-order valence-corrected chi connectivity index (χ3v) is 6.82. The second-order valence-electron chi connectivity index (χ2n) is 8.59. The van der Waals surface area contributed by atoms with Gasteiger partial charge >= 0.3 is 0 Å². The van der Waals surface area contributed by atoms with Crippen LogP contribution >= 0.6 is 0 Å². The van der Waals surface area contributed by atoms with Crippen molar-refractivity contribution in [3.8, 4) is 0 Å². The molecule has 0 N–H and O–H groups in total. The van der Waals surface area contributed by atoms with Crippen molar-refractivity contribution in [3.05, 3.63) is 35.9 Å². The van der Waals surface area contributed by atoms with E-state index >= 15 is 0 Å². The van der Waals surface area contributed by atoms with Crippen LogP contribution in [-0.2, 0) is 20.8 Å². The Morgan fingerprint density at radius 1 is 0.893 bits per heavy atom. The van der Waals surface area contributed by atoms with Crippen LogP contribution in [0.5, 0.6) is 0 Å². The van der Waals surface area contributed by atoms with Gasteiger partial charge in [-0.25, -0.2) is 0 Å². The molecule has 3 fully saturated rings. The van der Waals surface area contributed by atoms with Gasteiger partial charge in [-0.05, 0) is 43.6 Å². The first-order valence-electron chi connectivity index (χ1n) is 10.8. The molecule has 0 bridgehead atoms. The molecule has 1 aromatic carbocycles. The number of rotatable bonds is 5. The van der Waals surface area contributed by atoms with Gasteiger partial charge in [0.15, 0.2) is 0 Å². The number of hydrogen-bond donors (Lipinski definition) is 0. The van der Waals surface area contributed by atoms with Crippen molar-refractivity contribution in [1.29, 1.82) is 0 Å². The summed E-state index contributed by atoms with van der Waals surface area (Å²) in [5, 5.41) is 0. The Morgan fingerprint density at radius 2 is 1.50 bits per heavy atom. The first-order valence-corrected chi connectivity index (χ1v) is 10.8. The van der Waals surface area contributed by atoms with Crippen LogP contribution in [0.1, 0.15) is 50.5 Å². The molecule has 150 valence electrons. The van der Waals surface area contributed by atoms with Crippen molar-refractivity contribution in [1.82, 2.24) is 9.80 Å². The van der Waals surface area contributed by atoms with E-state index in [1.165, 1.54) is 10.5 Å². The summed E-state index contributed by atoms with van der Waals surface area (Å²) in [4.78, 5) is 41.0. The monoisotopic (exact) mass is 382 g/mol. The Labute approximate surface area is 167 Å². The van der Waals surface area contributed by atoms with E-state index in [0.717, 1.165) is 58.0 Å². The van der Waals surface area contributed by atoms with E-state index < -0.39 is 0 Å². The minimum absolute atomic E-state index is 0.0379. The zero-order valence-electron chi connectivity index (χ0n) is 16.5. The molecule has 2 heterocycles. The molecule has 3 amide bonds. The number of fused-ring (bicyclic) bond motifs is 1. The lowest BCUT2D eigenvalue weighted by Crippen LogP contribution is -2.41. The van der Waals surface area contributed by atoms with Crippen LogP contribution in [0.15, 0.2) is 30.3 Å². The van der Waals surface area contributed by atoms with Crippen LogP contribution in [0.3, 0.4) is 0 Å². The first kappa shape index (κ1) is 19.2. The maximum Gasteiger partial charge on any atom is 0.233 e. The fourth-order valence-corrected chi connectivity index (χ4v) is 5.15. The number of imide groups is 1. The molecule has 1 aliphatic carbocycles. The van der Waals surface area contributed by atoms with Gasteiger partial charge in [-0.3, -0.25) is 19.3 Å². The molecule has 0 radical (unpaired) electrons. The molecule has 1 saturated carbocycles. The van der Waals surface area contributed by atoms with Crippen molar-refractivity contribution in [3.63, 3.8) is 0 Å². The highest BCUT2D eigenvalue weighted by molar-refractivity contribution is 6.05. The first-order chi connectivity index (χ1) is 13.6. The lowest BCUT2D eigenvalue weighted by Gasteiger charge is -2.32. The molecule has 0 spiro atoms. The van der Waals surface area contributed by atoms with E-state index in [-0.39, 0.29) is 42.5 Å². The zero-order chi connectivity index (χ0) is 19.5. The lowest BCUT2D eigenvalue weighted by atomic mass is 9.81. The van der Waals surface area contributed by atoms with Crippen molar-refractivity contribution >= 4 is 17.7 Å². The summed E-state index contributed by atoms with van der Waals surface area (Å²) in [5.41, 5.74) is 1.36. The van der Waals surface area contributed by atoms with Gasteiger partial charge in [0.2, 0.25) is 17.7 Å². The van der Waals surface area contributed by atoms with Crippen LogP contribution in [0.4, 0.5) is 0 Å². The molecule has 2 unspecified atom stereocenters. The second-order valence-corrected chi connectivity index (χ2v) is 8.59. The average Bonchev–Trinajstić information content (AvgIpc) is 2.98. The van der Waals surface area contributed by atoms with Gasteiger partial charge in [0.1, 0.15) is 0 Å². The van der Waals surface area contributed by atoms with Gasteiger partial charge in [-0.2, -0.15) is 0 Å². The molecule has 5 heteroatoms. The van der Waals surface area contributed by atoms with E-state index in [1.54, 1.807) is 0 Å². The summed E-state index contributed by atoms with van der Waals surface area (Å²) in [6.07, 6.45) is 7.10. The van der Waals surface area contributed by atoms with Crippen LogP contribution < -0.4 is 0 Å². The van der Waals surface area contributed by atoms with Gasteiger partial charge in [0.05, 0.1) is 11.8 Å². The molecule has 2 saturated heterocycles. The number of amides is 3. The van der Waals surface area contributed by atoms with Crippen LogP contribution in [0, 0.1) is 17.8 Å². The Hall–Kier alpha value is -2.17. The fourth-order valence-electron chi connectivity index (χ4n) is 5.15. The van der Waals surface area contributed by atoms with E-state index in [0.29, 0.717) is 5.92 Å². The van der Waals surface area contributed by atoms with E-state index in [1.807, 2.05) is 11.0 Å². The highest BCUT2D eigenvalue weighted by atomic mass is 16.2. The highest BCUT2D eigenvalue weighted by Crippen LogP contribution is 2.38. The molecule has 4 rings (SSSR count). The number of carbonyl (C=O) groups is 3. The highest BCUT2D eigenvalue weighted by Gasteiger charge is 2.47. The van der Waals surface area contributed by atoms with Gasteiger partial charge in [0.25, 0.3) is 0 Å². The number of piperidine rings is 1. The van der Waals surface area contributed by atoms with Crippen LogP contribution in [-0.4, -0.2) is 47.2 Å². The molecule has 2 aliphatic heterocycles. The Morgan fingerprint density at radius 3 is 2.11 bits per heavy atom. The van der Waals surface area contributed by atoms with Crippen molar-refractivity contribution in [2.24, 2.45) is 17.8 Å². The zero-order valence-corrected chi connectivity index (χ0v) is 16.5. The Bertz CT molecular complexity index is 701. The smallest absolute Gasteiger partial charge is 0.233 e. The van der Waals surface area contributed by atoms with Crippen LogP contribution in [0.2, 0.25) is 0 Å². The molecule has 5 nitrogen and oxygen atoms in total. The van der Waals surface area contributed by atoms with Crippen molar-refractivity contribution in [2.75, 3.05) is 19.6 Å².